The first-order valence-electron chi connectivity index (χ1n) is 13.2. The van der Waals surface area contributed by atoms with Crippen LogP contribution in [0.2, 0.25) is 0 Å². The van der Waals surface area contributed by atoms with Gasteiger partial charge >= 0.3 is 5.97 Å². The molecule has 1 aliphatic rings. The van der Waals surface area contributed by atoms with Crippen LogP contribution in [0.3, 0.4) is 0 Å². The van der Waals surface area contributed by atoms with Crippen LogP contribution in [0.1, 0.15) is 38.2 Å². The SMILES string of the molecule is [2H]C([3H])OC1COC(n2cc(CCC)c3ccccc32)C(OP(C)OCC=C)C1OC(=O)c1ccccc1. The highest BCUT2D eigenvalue weighted by Gasteiger charge is 2.46. The van der Waals surface area contributed by atoms with Crippen LogP contribution in [-0.4, -0.2) is 55.8 Å². The van der Waals surface area contributed by atoms with Crippen LogP contribution in [0, 0.1) is 0 Å². The van der Waals surface area contributed by atoms with E-state index in [1.165, 1.54) is 5.56 Å². The average Bonchev–Trinajstić information content (AvgIpc) is 3.28. The molecule has 8 heteroatoms. The summed E-state index contributed by atoms with van der Waals surface area (Å²) in [4.78, 5) is 13.2. The minimum absolute atomic E-state index is 0.0102. The number of carbonyl (C=O) groups excluding carboxylic acids is 1. The summed E-state index contributed by atoms with van der Waals surface area (Å²) < 4.78 is 47.4. The second-order valence-corrected chi connectivity index (χ2v) is 9.91. The number of aryl methyl sites for hydroxylation is 1. The highest BCUT2D eigenvalue weighted by molar-refractivity contribution is 7.46. The predicted molar refractivity (Wildman–Crippen MR) is 141 cm³/mol. The zero-order chi connectivity index (χ0) is 27.1. The molecule has 0 saturated carbocycles. The van der Waals surface area contributed by atoms with Crippen molar-refractivity contribution >= 4 is 25.2 Å². The zero-order valence-corrected chi connectivity index (χ0v) is 21.5. The van der Waals surface area contributed by atoms with Gasteiger partial charge in [0.1, 0.15) is 12.2 Å². The van der Waals surface area contributed by atoms with E-state index in [-0.39, 0.29) is 6.61 Å². The van der Waals surface area contributed by atoms with Gasteiger partial charge in [-0.3, -0.25) is 0 Å². The quantitative estimate of drug-likeness (QED) is 0.181. The summed E-state index contributed by atoms with van der Waals surface area (Å²) in [5.41, 5.74) is 2.52. The Hall–Kier alpha value is -2.54. The fraction of sp³-hybridized carbons (Fsp3) is 0.393. The highest BCUT2D eigenvalue weighted by Crippen LogP contribution is 2.43. The molecule has 4 rings (SSSR count). The lowest BCUT2D eigenvalue weighted by Crippen LogP contribution is -2.54. The largest absolute Gasteiger partial charge is 0.453 e. The van der Waals surface area contributed by atoms with Crippen molar-refractivity contribution in [3.05, 3.63) is 84.6 Å². The van der Waals surface area contributed by atoms with Crippen molar-refractivity contribution in [3.63, 3.8) is 0 Å². The van der Waals surface area contributed by atoms with Gasteiger partial charge in [0.2, 0.25) is 0 Å². The number of methoxy groups -OCH3 is 1. The number of para-hydroxylation sites is 1. The van der Waals surface area contributed by atoms with Gasteiger partial charge in [-0.25, -0.2) is 4.79 Å². The first kappa shape index (κ1) is 23.8. The standard InChI is InChI=1S/C28H34NO6P/c1-5-12-21-18-29(23-16-11-10-15-22(21)23)27-26(35-36(4)33-17-6-2)25(24(31-3)19-32-27)34-28(30)20-13-8-7-9-14-20/h6-11,13-16,18,24-27H,2,5,12,17,19H2,1,3-4H3/i3TD. The minimum atomic E-state index is -1.59. The van der Waals surface area contributed by atoms with Gasteiger partial charge in [0.15, 0.2) is 20.7 Å². The molecule has 0 bridgehead atoms. The summed E-state index contributed by atoms with van der Waals surface area (Å²) in [5, 5.41) is 1.12. The van der Waals surface area contributed by atoms with E-state index in [0.29, 0.717) is 12.2 Å². The molecule has 2 heterocycles. The lowest BCUT2D eigenvalue weighted by atomic mass is 10.0. The molecule has 3 aromatic rings. The molecule has 1 saturated heterocycles. The molecular formula is C28H34NO6P. The van der Waals surface area contributed by atoms with Crippen LogP contribution in [0.5, 0.6) is 0 Å². The van der Waals surface area contributed by atoms with E-state index in [1.807, 2.05) is 35.5 Å². The van der Waals surface area contributed by atoms with Gasteiger partial charge in [-0.2, -0.15) is 0 Å². The molecule has 7 nitrogen and oxygen atoms in total. The minimum Gasteiger partial charge on any atom is -0.453 e. The molecular weight excluding hydrogens is 477 g/mol. The summed E-state index contributed by atoms with van der Waals surface area (Å²) in [7, 11) is -3.01. The maximum absolute atomic E-state index is 13.2. The van der Waals surface area contributed by atoms with E-state index in [9.17, 15) is 4.79 Å². The van der Waals surface area contributed by atoms with Crippen LogP contribution in [0.15, 0.2) is 73.4 Å². The molecule has 0 aliphatic carbocycles. The Labute approximate surface area is 216 Å². The molecule has 1 fully saturated rings. The van der Waals surface area contributed by atoms with Crippen molar-refractivity contribution in [1.82, 2.24) is 4.57 Å². The molecule has 0 radical (unpaired) electrons. The number of aromatic nitrogens is 1. The third-order valence-corrected chi connectivity index (χ3v) is 7.14. The molecule has 1 aliphatic heterocycles. The number of nitrogens with zero attached hydrogens (tertiary/aromatic N) is 1. The van der Waals surface area contributed by atoms with Crippen LogP contribution in [0.25, 0.3) is 10.9 Å². The number of carbonyl (C=O) groups is 1. The molecule has 0 amide bonds. The maximum Gasteiger partial charge on any atom is 0.338 e. The molecule has 0 N–H and O–H groups in total. The number of ether oxygens (including phenoxy) is 3. The Morgan fingerprint density at radius 1 is 1.28 bits per heavy atom. The third-order valence-electron chi connectivity index (χ3n) is 6.09. The molecule has 192 valence electrons. The number of benzene rings is 2. The van der Waals surface area contributed by atoms with Gasteiger partial charge in [0, 0.05) is 25.3 Å². The number of rotatable bonds is 11. The molecule has 1 aromatic heterocycles. The number of hydrogen-bond donors (Lipinski definition) is 0. The molecule has 0 spiro atoms. The molecule has 6 unspecified atom stereocenters. The zero-order valence-electron chi connectivity index (χ0n) is 22.6. The monoisotopic (exact) mass is 514 g/mol. The van der Waals surface area contributed by atoms with Gasteiger partial charge in [-0.05, 0) is 30.2 Å². The van der Waals surface area contributed by atoms with Crippen molar-refractivity contribution < 1.29 is 30.8 Å². The Balaban J connectivity index is 1.75. The number of esters is 1. The Morgan fingerprint density at radius 2 is 2.06 bits per heavy atom. The summed E-state index contributed by atoms with van der Waals surface area (Å²) in [6.07, 6.45) is 2.21. The number of fused-ring (bicyclic) bond motifs is 1. The Kier molecular flexibility index (Phi) is 8.35. The van der Waals surface area contributed by atoms with Gasteiger partial charge in [-0.15, -0.1) is 6.58 Å². The van der Waals surface area contributed by atoms with E-state index >= 15 is 0 Å². The van der Waals surface area contributed by atoms with Crippen molar-refractivity contribution in [3.8, 4) is 0 Å². The fourth-order valence-corrected chi connectivity index (χ4v) is 5.39. The van der Waals surface area contributed by atoms with Gasteiger partial charge in [0.05, 0.1) is 27.0 Å². The van der Waals surface area contributed by atoms with Gasteiger partial charge in [0.25, 0.3) is 0 Å². The van der Waals surface area contributed by atoms with Crippen LogP contribution >= 0.6 is 8.38 Å². The lowest BCUT2D eigenvalue weighted by molar-refractivity contribution is -0.208. The van der Waals surface area contributed by atoms with Crippen LogP contribution < -0.4 is 0 Å². The number of hydrogen-bond acceptors (Lipinski definition) is 6. The second-order valence-electron chi connectivity index (χ2n) is 8.56. The normalized spacial score (nSPS) is 24.5. The van der Waals surface area contributed by atoms with Crippen LogP contribution in [0.4, 0.5) is 0 Å². The third kappa shape index (κ3) is 5.88. The Morgan fingerprint density at radius 3 is 2.81 bits per heavy atom. The summed E-state index contributed by atoms with van der Waals surface area (Å²) in [6, 6.07) is 16.7. The first-order chi connectivity index (χ1) is 18.4. The Bertz CT molecular complexity index is 1210. The summed E-state index contributed by atoms with van der Waals surface area (Å²) in [5.74, 6) is -0.554. The first-order valence-corrected chi connectivity index (χ1v) is 13.7. The van der Waals surface area contributed by atoms with Crippen molar-refractivity contribution in [2.75, 3.05) is 26.9 Å². The summed E-state index contributed by atoms with van der Waals surface area (Å²) >= 11 is 0. The smallest absolute Gasteiger partial charge is 0.338 e. The van der Waals surface area contributed by atoms with Gasteiger partial charge in [-0.1, -0.05) is 55.8 Å². The maximum atomic E-state index is 13.2. The van der Waals surface area contributed by atoms with E-state index < -0.39 is 45.9 Å². The van der Waals surface area contributed by atoms with Gasteiger partial charge < -0.3 is 27.8 Å². The fourth-order valence-electron chi connectivity index (χ4n) is 4.45. The molecule has 36 heavy (non-hydrogen) atoms. The predicted octanol–water partition coefficient (Wildman–Crippen LogP) is 5.89. The second kappa shape index (κ2) is 12.6. The summed E-state index contributed by atoms with van der Waals surface area (Å²) in [6.45, 7) is 7.95. The topological polar surface area (TPSA) is 68.2 Å². The molecule has 2 aromatic carbocycles. The average molecular weight is 515 g/mol. The van der Waals surface area contributed by atoms with E-state index in [0.717, 1.165) is 23.7 Å². The highest BCUT2D eigenvalue weighted by atomic mass is 31.2. The van der Waals surface area contributed by atoms with E-state index in [2.05, 4.69) is 25.8 Å². The van der Waals surface area contributed by atoms with Crippen LogP contribution in [-0.2, 0) is 29.7 Å². The van der Waals surface area contributed by atoms with Crippen molar-refractivity contribution in [2.24, 2.45) is 0 Å². The van der Waals surface area contributed by atoms with E-state index in [4.69, 9.17) is 26.0 Å². The van der Waals surface area contributed by atoms with E-state index in [1.54, 1.807) is 30.3 Å². The van der Waals surface area contributed by atoms with Crippen molar-refractivity contribution in [1.29, 1.82) is 0 Å². The lowest BCUT2D eigenvalue weighted by Gasteiger charge is -2.42. The van der Waals surface area contributed by atoms with Crippen molar-refractivity contribution in [2.45, 2.75) is 44.3 Å². The molecule has 6 atom stereocenters.